The summed E-state index contributed by atoms with van der Waals surface area (Å²) in [6.07, 6.45) is 4.20. The molecule has 0 radical (unpaired) electrons. The lowest BCUT2D eigenvalue weighted by Crippen LogP contribution is -2.38. The van der Waals surface area contributed by atoms with Crippen LogP contribution in [0, 0.1) is 0 Å². The number of hydrogen-bond acceptors (Lipinski definition) is 4. The Bertz CT molecular complexity index is 402. The third-order valence-corrected chi connectivity index (χ3v) is 3.55. The van der Waals surface area contributed by atoms with Crippen LogP contribution in [0.25, 0.3) is 0 Å². The third-order valence-electron chi connectivity index (χ3n) is 3.55. The number of ether oxygens (including phenoxy) is 2. The lowest BCUT2D eigenvalue weighted by atomic mass is 9.86. The molecule has 0 spiro atoms. The fourth-order valence-electron chi connectivity index (χ4n) is 2.43. The van der Waals surface area contributed by atoms with Crippen LogP contribution in [0.2, 0.25) is 0 Å². The van der Waals surface area contributed by atoms with Crippen molar-refractivity contribution < 1.29 is 14.6 Å². The number of aliphatic hydroxyl groups is 1. The van der Waals surface area contributed by atoms with Crippen molar-refractivity contribution in [2.75, 3.05) is 6.61 Å². The van der Waals surface area contributed by atoms with Crippen LogP contribution in [-0.4, -0.2) is 28.4 Å². The highest BCUT2D eigenvalue weighted by Crippen LogP contribution is 2.36. The average Bonchev–Trinajstić information content (AvgIpc) is 2.44. The lowest BCUT2D eigenvalue weighted by molar-refractivity contribution is -0.127. The molecule has 4 nitrogen and oxygen atoms in total. The summed E-state index contributed by atoms with van der Waals surface area (Å²) < 4.78 is 11.5. The first-order chi connectivity index (χ1) is 9.49. The minimum Gasteiger partial charge on any atom is -0.489 e. The number of nitrogens with zero attached hydrogens (tertiary/aromatic N) is 1. The molecular weight excluding hydrogens is 254 g/mol. The molecule has 1 unspecified atom stereocenters. The summed E-state index contributed by atoms with van der Waals surface area (Å²) in [5, 5.41) is 10.7. The van der Waals surface area contributed by atoms with Gasteiger partial charge in [-0.05, 0) is 39.7 Å². The van der Waals surface area contributed by atoms with Gasteiger partial charge in [-0.1, -0.05) is 13.8 Å². The van der Waals surface area contributed by atoms with Crippen LogP contribution in [0.4, 0.5) is 0 Å². The van der Waals surface area contributed by atoms with Gasteiger partial charge in [0.05, 0.1) is 17.9 Å². The Hall–Kier alpha value is -1.13. The van der Waals surface area contributed by atoms with Crippen molar-refractivity contribution in [3.8, 4) is 5.75 Å². The van der Waals surface area contributed by atoms with E-state index in [0.29, 0.717) is 12.4 Å². The van der Waals surface area contributed by atoms with Crippen molar-refractivity contribution in [1.29, 1.82) is 0 Å². The van der Waals surface area contributed by atoms with Gasteiger partial charge in [-0.15, -0.1) is 0 Å². The molecule has 0 amide bonds. The third kappa shape index (κ3) is 3.93. The van der Waals surface area contributed by atoms with Crippen LogP contribution in [0.15, 0.2) is 18.5 Å². The molecule has 114 valence electrons. The topological polar surface area (TPSA) is 51.6 Å². The second kappa shape index (κ2) is 7.60. The van der Waals surface area contributed by atoms with Crippen molar-refractivity contribution in [3.05, 3.63) is 24.0 Å². The predicted molar refractivity (Wildman–Crippen MR) is 79.9 cm³/mol. The Morgan fingerprint density at radius 3 is 2.35 bits per heavy atom. The lowest BCUT2D eigenvalue weighted by Gasteiger charge is -2.36. The Kier molecular flexibility index (Phi) is 6.43. The number of aromatic nitrogens is 1. The zero-order valence-corrected chi connectivity index (χ0v) is 13.2. The highest BCUT2D eigenvalue weighted by molar-refractivity contribution is 5.27. The van der Waals surface area contributed by atoms with Crippen LogP contribution in [0.1, 0.15) is 59.1 Å². The van der Waals surface area contributed by atoms with Gasteiger partial charge in [0.2, 0.25) is 0 Å². The molecule has 1 rings (SSSR count). The molecule has 1 N–H and O–H groups in total. The Labute approximate surface area is 122 Å². The van der Waals surface area contributed by atoms with E-state index < -0.39 is 11.7 Å². The van der Waals surface area contributed by atoms with Gasteiger partial charge in [0.25, 0.3) is 0 Å². The molecule has 4 heteroatoms. The van der Waals surface area contributed by atoms with Crippen LogP contribution < -0.4 is 4.74 Å². The Morgan fingerprint density at radius 2 is 1.85 bits per heavy atom. The monoisotopic (exact) mass is 281 g/mol. The molecule has 0 aromatic carbocycles. The molecule has 20 heavy (non-hydrogen) atoms. The van der Waals surface area contributed by atoms with E-state index in [0.717, 1.165) is 18.4 Å². The largest absolute Gasteiger partial charge is 0.489 e. The molecular formula is C16H27NO3. The second-order valence-electron chi connectivity index (χ2n) is 5.23. The zero-order chi connectivity index (χ0) is 15.2. The van der Waals surface area contributed by atoms with Gasteiger partial charge >= 0.3 is 0 Å². The molecule has 1 atom stereocenters. The van der Waals surface area contributed by atoms with E-state index in [4.69, 9.17) is 9.47 Å². The maximum Gasteiger partial charge on any atom is 0.138 e. The van der Waals surface area contributed by atoms with Gasteiger partial charge in [-0.25, -0.2) is 0 Å². The van der Waals surface area contributed by atoms with E-state index in [2.05, 4.69) is 4.98 Å². The van der Waals surface area contributed by atoms with Crippen molar-refractivity contribution >= 4 is 0 Å². The average molecular weight is 281 g/mol. The fraction of sp³-hybridized carbons (Fsp3) is 0.688. The number of pyridine rings is 1. The number of aliphatic hydroxyl groups excluding tert-OH is 1. The van der Waals surface area contributed by atoms with E-state index in [1.807, 2.05) is 40.7 Å². The Balaban J connectivity index is 3.02. The SMILES string of the molecule is CCOC(CC)(CC)C(O)c1cncc(OC(C)C)c1. The molecule has 0 aliphatic rings. The van der Waals surface area contributed by atoms with E-state index in [-0.39, 0.29) is 6.10 Å². The van der Waals surface area contributed by atoms with Crippen LogP contribution >= 0.6 is 0 Å². The van der Waals surface area contributed by atoms with E-state index >= 15 is 0 Å². The highest BCUT2D eigenvalue weighted by atomic mass is 16.5. The first-order valence-corrected chi connectivity index (χ1v) is 7.42. The minimum absolute atomic E-state index is 0.0817. The first kappa shape index (κ1) is 16.9. The van der Waals surface area contributed by atoms with Crippen molar-refractivity contribution in [1.82, 2.24) is 4.98 Å². The normalized spacial score (nSPS) is 13.6. The molecule has 0 saturated carbocycles. The molecule has 0 aliphatic carbocycles. The highest BCUT2D eigenvalue weighted by Gasteiger charge is 2.36. The summed E-state index contributed by atoms with van der Waals surface area (Å²) >= 11 is 0. The predicted octanol–water partition coefficient (Wildman–Crippen LogP) is 3.50. The first-order valence-electron chi connectivity index (χ1n) is 7.42. The minimum atomic E-state index is -0.708. The summed E-state index contributed by atoms with van der Waals surface area (Å²) in [6, 6.07) is 1.84. The van der Waals surface area contributed by atoms with Crippen LogP contribution in [0.5, 0.6) is 5.75 Å². The van der Waals surface area contributed by atoms with E-state index in [9.17, 15) is 5.11 Å². The number of hydrogen-bond donors (Lipinski definition) is 1. The van der Waals surface area contributed by atoms with Gasteiger partial charge in [0, 0.05) is 18.4 Å². The fourth-order valence-corrected chi connectivity index (χ4v) is 2.43. The van der Waals surface area contributed by atoms with Gasteiger partial charge in [-0.3, -0.25) is 4.98 Å². The van der Waals surface area contributed by atoms with Crippen molar-refractivity contribution in [2.24, 2.45) is 0 Å². The van der Waals surface area contributed by atoms with Crippen molar-refractivity contribution in [2.45, 2.75) is 65.3 Å². The van der Waals surface area contributed by atoms with Gasteiger partial charge < -0.3 is 14.6 Å². The number of rotatable bonds is 8. The molecule has 0 bridgehead atoms. The van der Waals surface area contributed by atoms with Gasteiger partial charge in [-0.2, -0.15) is 0 Å². The summed E-state index contributed by atoms with van der Waals surface area (Å²) in [7, 11) is 0. The summed E-state index contributed by atoms with van der Waals surface area (Å²) in [5.41, 5.74) is 0.174. The quantitative estimate of drug-likeness (QED) is 0.792. The molecule has 1 heterocycles. The van der Waals surface area contributed by atoms with E-state index in [1.165, 1.54) is 0 Å². The van der Waals surface area contributed by atoms with Gasteiger partial charge in [0.15, 0.2) is 0 Å². The summed E-state index contributed by atoms with van der Waals surface area (Å²) in [6.45, 7) is 10.5. The smallest absolute Gasteiger partial charge is 0.138 e. The second-order valence-corrected chi connectivity index (χ2v) is 5.23. The molecule has 1 aromatic heterocycles. The standard InChI is InChI=1S/C16H27NO3/c1-6-16(7-2,19-8-3)15(18)13-9-14(11-17-10-13)20-12(4)5/h9-12,15,18H,6-8H2,1-5H3. The summed E-state index contributed by atoms with van der Waals surface area (Å²) in [5.74, 6) is 0.675. The van der Waals surface area contributed by atoms with E-state index in [1.54, 1.807) is 12.4 Å². The maximum absolute atomic E-state index is 10.7. The molecule has 0 saturated heterocycles. The van der Waals surface area contributed by atoms with Crippen LogP contribution in [0.3, 0.4) is 0 Å². The summed E-state index contributed by atoms with van der Waals surface area (Å²) in [4.78, 5) is 4.16. The maximum atomic E-state index is 10.7. The van der Waals surface area contributed by atoms with Crippen molar-refractivity contribution in [3.63, 3.8) is 0 Å². The molecule has 0 aliphatic heterocycles. The molecule has 0 fully saturated rings. The molecule has 1 aromatic rings. The van der Waals surface area contributed by atoms with Crippen LogP contribution in [-0.2, 0) is 4.74 Å². The van der Waals surface area contributed by atoms with Gasteiger partial charge in [0.1, 0.15) is 11.9 Å². The Morgan fingerprint density at radius 1 is 1.20 bits per heavy atom. The zero-order valence-electron chi connectivity index (χ0n) is 13.2.